The number of halogens is 1. The molecule has 6 nitrogen and oxygen atoms in total. The van der Waals surface area contributed by atoms with E-state index in [1.54, 1.807) is 17.9 Å². The second-order valence-corrected chi connectivity index (χ2v) is 4.88. The zero-order valence-corrected chi connectivity index (χ0v) is 10.8. The molecular weight excluding hydrogens is 323 g/mol. The summed E-state index contributed by atoms with van der Waals surface area (Å²) in [4.78, 5) is 22.9. The van der Waals surface area contributed by atoms with Crippen LogP contribution in [0.5, 0.6) is 0 Å². The van der Waals surface area contributed by atoms with Gasteiger partial charge >= 0.3 is 0 Å². The molecule has 1 saturated carbocycles. The van der Waals surface area contributed by atoms with Gasteiger partial charge in [0.25, 0.3) is 5.91 Å². The van der Waals surface area contributed by atoms with Crippen LogP contribution in [0.2, 0.25) is 0 Å². The molecule has 1 fully saturated rings. The summed E-state index contributed by atoms with van der Waals surface area (Å²) >= 11 is 2.02. The number of hydrazine groups is 1. The fourth-order valence-electron chi connectivity index (χ4n) is 1.24. The van der Waals surface area contributed by atoms with E-state index in [4.69, 9.17) is 0 Å². The smallest absolute Gasteiger partial charge is 0.274 e. The van der Waals surface area contributed by atoms with Crippen molar-refractivity contribution in [2.75, 3.05) is 0 Å². The van der Waals surface area contributed by atoms with Crippen LogP contribution in [0.3, 0.4) is 0 Å². The van der Waals surface area contributed by atoms with Gasteiger partial charge in [0.15, 0.2) is 5.69 Å². The number of aryl methyl sites for hydroxylation is 1. The van der Waals surface area contributed by atoms with Crippen molar-refractivity contribution in [2.24, 2.45) is 13.0 Å². The van der Waals surface area contributed by atoms with Crippen LogP contribution in [0.4, 0.5) is 0 Å². The zero-order valence-electron chi connectivity index (χ0n) is 8.66. The molecule has 7 heteroatoms. The predicted octanol–water partition coefficient (Wildman–Crippen LogP) is 0.196. The van der Waals surface area contributed by atoms with Crippen molar-refractivity contribution in [1.29, 1.82) is 0 Å². The summed E-state index contributed by atoms with van der Waals surface area (Å²) in [5, 5.41) is 3.99. The highest BCUT2D eigenvalue weighted by Gasteiger charge is 2.30. The average Bonchev–Trinajstić information content (AvgIpc) is 3.01. The van der Waals surface area contributed by atoms with Gasteiger partial charge in [-0.15, -0.1) is 0 Å². The molecule has 1 aromatic rings. The molecule has 0 aromatic carbocycles. The summed E-state index contributed by atoms with van der Waals surface area (Å²) in [6.07, 6.45) is 3.55. The van der Waals surface area contributed by atoms with Crippen LogP contribution in [0, 0.1) is 9.49 Å². The quantitative estimate of drug-likeness (QED) is 0.599. The van der Waals surface area contributed by atoms with Crippen LogP contribution in [0.25, 0.3) is 0 Å². The van der Waals surface area contributed by atoms with Crippen molar-refractivity contribution in [3.05, 3.63) is 15.5 Å². The first-order valence-electron chi connectivity index (χ1n) is 4.87. The average molecular weight is 334 g/mol. The minimum atomic E-state index is -0.390. The first kappa shape index (κ1) is 11.4. The molecule has 0 unspecified atom stereocenters. The maximum Gasteiger partial charge on any atom is 0.291 e. The summed E-state index contributed by atoms with van der Waals surface area (Å²) in [7, 11) is 1.74. The highest BCUT2D eigenvalue weighted by atomic mass is 127. The number of carbonyl (C=O) groups is 2. The molecule has 2 rings (SSSR count). The largest absolute Gasteiger partial charge is 0.291 e. The highest BCUT2D eigenvalue weighted by molar-refractivity contribution is 14.1. The van der Waals surface area contributed by atoms with Gasteiger partial charge in [-0.25, -0.2) is 0 Å². The molecule has 1 aliphatic carbocycles. The number of aromatic nitrogens is 2. The Balaban J connectivity index is 1.92. The molecule has 0 aliphatic heterocycles. The summed E-state index contributed by atoms with van der Waals surface area (Å²) in [6, 6.07) is 0. The van der Waals surface area contributed by atoms with E-state index in [0.717, 1.165) is 16.4 Å². The lowest BCUT2D eigenvalue weighted by molar-refractivity contribution is -0.123. The number of amides is 2. The SMILES string of the molecule is Cn1cc(I)c(C(=O)NNC(=O)C2CC2)n1. The van der Waals surface area contributed by atoms with Crippen molar-refractivity contribution >= 4 is 34.4 Å². The van der Waals surface area contributed by atoms with Gasteiger partial charge in [0.1, 0.15) is 0 Å². The first-order chi connectivity index (χ1) is 7.58. The summed E-state index contributed by atoms with van der Waals surface area (Å²) in [6.45, 7) is 0. The molecular formula is C9H11IN4O2. The number of hydrogen-bond acceptors (Lipinski definition) is 3. The lowest BCUT2D eigenvalue weighted by Gasteiger charge is -2.04. The molecule has 0 radical (unpaired) electrons. The van der Waals surface area contributed by atoms with Crippen LogP contribution in [0.1, 0.15) is 23.3 Å². The Morgan fingerprint density at radius 2 is 2.19 bits per heavy atom. The second-order valence-electron chi connectivity index (χ2n) is 3.72. The number of nitrogens with one attached hydrogen (secondary N) is 2. The Labute approximate surface area is 106 Å². The lowest BCUT2D eigenvalue weighted by Crippen LogP contribution is -2.42. The first-order valence-corrected chi connectivity index (χ1v) is 5.95. The summed E-state index contributed by atoms with van der Waals surface area (Å²) in [5.74, 6) is -0.443. The van der Waals surface area contributed by atoms with Gasteiger partial charge in [-0.2, -0.15) is 5.10 Å². The Morgan fingerprint density at radius 1 is 1.50 bits per heavy atom. The molecule has 0 bridgehead atoms. The molecule has 0 saturated heterocycles. The van der Waals surface area contributed by atoms with Crippen molar-refractivity contribution < 1.29 is 9.59 Å². The van der Waals surface area contributed by atoms with Crippen molar-refractivity contribution in [1.82, 2.24) is 20.6 Å². The number of carbonyl (C=O) groups excluding carboxylic acids is 2. The maximum absolute atomic E-state index is 11.6. The predicted molar refractivity (Wildman–Crippen MR) is 64.3 cm³/mol. The van der Waals surface area contributed by atoms with E-state index in [0.29, 0.717) is 5.69 Å². The zero-order chi connectivity index (χ0) is 11.7. The molecule has 0 spiro atoms. The Kier molecular flexibility index (Phi) is 3.13. The Hall–Kier alpha value is -1.12. The van der Waals surface area contributed by atoms with E-state index in [2.05, 4.69) is 16.0 Å². The van der Waals surface area contributed by atoms with Crippen molar-refractivity contribution in [3.63, 3.8) is 0 Å². The van der Waals surface area contributed by atoms with Crippen LogP contribution < -0.4 is 10.9 Å². The van der Waals surface area contributed by atoms with E-state index in [-0.39, 0.29) is 17.7 Å². The number of hydrogen-bond donors (Lipinski definition) is 2. The van der Waals surface area contributed by atoms with Gasteiger partial charge in [-0.05, 0) is 35.4 Å². The molecule has 1 aromatic heterocycles. The van der Waals surface area contributed by atoms with Gasteiger partial charge in [-0.1, -0.05) is 0 Å². The van der Waals surface area contributed by atoms with E-state index in [9.17, 15) is 9.59 Å². The Bertz CT molecular complexity index is 439. The second kappa shape index (κ2) is 4.40. The van der Waals surface area contributed by atoms with Crippen molar-refractivity contribution in [3.8, 4) is 0 Å². The molecule has 2 N–H and O–H groups in total. The van der Waals surface area contributed by atoms with E-state index >= 15 is 0 Å². The monoisotopic (exact) mass is 334 g/mol. The van der Waals surface area contributed by atoms with Gasteiger partial charge < -0.3 is 0 Å². The van der Waals surface area contributed by atoms with Crippen LogP contribution in [-0.4, -0.2) is 21.6 Å². The molecule has 2 amide bonds. The topological polar surface area (TPSA) is 76.0 Å². The fraction of sp³-hybridized carbons (Fsp3) is 0.444. The maximum atomic E-state index is 11.6. The third-order valence-corrected chi connectivity index (χ3v) is 3.04. The third kappa shape index (κ3) is 2.52. The van der Waals surface area contributed by atoms with Crippen LogP contribution in [0.15, 0.2) is 6.20 Å². The third-order valence-electron chi connectivity index (χ3n) is 2.25. The lowest BCUT2D eigenvalue weighted by atomic mass is 10.4. The Morgan fingerprint density at radius 3 is 2.69 bits per heavy atom. The molecule has 86 valence electrons. The van der Waals surface area contributed by atoms with E-state index in [1.807, 2.05) is 22.6 Å². The molecule has 0 atom stereocenters. The van der Waals surface area contributed by atoms with E-state index < -0.39 is 0 Å². The van der Waals surface area contributed by atoms with Gasteiger partial charge in [0, 0.05) is 19.2 Å². The van der Waals surface area contributed by atoms with Crippen LogP contribution >= 0.6 is 22.6 Å². The van der Waals surface area contributed by atoms with Gasteiger partial charge in [0.05, 0.1) is 3.57 Å². The van der Waals surface area contributed by atoms with Crippen LogP contribution in [-0.2, 0) is 11.8 Å². The summed E-state index contributed by atoms with van der Waals surface area (Å²) in [5.41, 5.74) is 5.06. The van der Waals surface area contributed by atoms with Crippen molar-refractivity contribution in [2.45, 2.75) is 12.8 Å². The summed E-state index contributed by atoms with van der Waals surface area (Å²) < 4.78 is 2.30. The molecule has 1 aliphatic rings. The fourth-order valence-corrected chi connectivity index (χ4v) is 1.99. The van der Waals surface area contributed by atoms with Gasteiger partial charge in [-0.3, -0.25) is 25.1 Å². The minimum absolute atomic E-state index is 0.0723. The highest BCUT2D eigenvalue weighted by Crippen LogP contribution is 2.28. The molecule has 16 heavy (non-hydrogen) atoms. The van der Waals surface area contributed by atoms with Gasteiger partial charge in [0.2, 0.25) is 5.91 Å². The van der Waals surface area contributed by atoms with E-state index in [1.165, 1.54) is 0 Å². The standard InChI is InChI=1S/C9H11IN4O2/c1-14-4-6(10)7(13-14)9(16)12-11-8(15)5-2-3-5/h4-5H,2-3H2,1H3,(H,11,15)(H,12,16). The normalized spacial score (nSPS) is 14.6. The minimum Gasteiger partial charge on any atom is -0.274 e. The number of nitrogens with zero attached hydrogens (tertiary/aromatic N) is 2. The molecule has 1 heterocycles. The number of rotatable bonds is 2.